The van der Waals surface area contributed by atoms with E-state index in [0.29, 0.717) is 11.3 Å². The van der Waals surface area contributed by atoms with Crippen molar-refractivity contribution in [1.82, 2.24) is 5.32 Å². The van der Waals surface area contributed by atoms with Gasteiger partial charge in [-0.3, -0.25) is 9.52 Å². The van der Waals surface area contributed by atoms with Crippen molar-refractivity contribution in [2.24, 2.45) is 0 Å². The number of nitrogens with one attached hydrogen (secondary N) is 2. The second-order valence-corrected chi connectivity index (χ2v) is 6.90. The lowest BCUT2D eigenvalue weighted by Gasteiger charge is -2.07. The summed E-state index contributed by atoms with van der Waals surface area (Å²) in [4.78, 5) is 11.8. The predicted molar refractivity (Wildman–Crippen MR) is 92.2 cm³/mol. The van der Waals surface area contributed by atoms with Gasteiger partial charge < -0.3 is 5.32 Å². The Labute approximate surface area is 140 Å². The zero-order valence-corrected chi connectivity index (χ0v) is 13.8. The van der Waals surface area contributed by atoms with Crippen LogP contribution in [0.4, 0.5) is 10.1 Å². The summed E-state index contributed by atoms with van der Waals surface area (Å²) in [7, 11) is -3.35. The molecule has 2 rings (SSSR count). The molecule has 0 spiro atoms. The highest BCUT2D eigenvalue weighted by atomic mass is 32.2. The zero-order chi connectivity index (χ0) is 17.6. The Balaban J connectivity index is 1.94. The highest BCUT2D eigenvalue weighted by Gasteiger charge is 2.03. The molecule has 5 nitrogen and oxygen atoms in total. The molecule has 0 saturated carbocycles. The van der Waals surface area contributed by atoms with Crippen molar-refractivity contribution in [3.63, 3.8) is 0 Å². The van der Waals surface area contributed by atoms with Gasteiger partial charge in [-0.2, -0.15) is 0 Å². The SMILES string of the molecule is CS(=O)(=O)Nc1cccc(CNC(=O)/C=C/c2ccccc2F)c1. The summed E-state index contributed by atoms with van der Waals surface area (Å²) in [6, 6.07) is 12.8. The number of carbonyl (C=O) groups excluding carboxylic acids is 1. The number of hydrogen-bond acceptors (Lipinski definition) is 3. The predicted octanol–water partition coefficient (Wildman–Crippen LogP) is 2.53. The Hall–Kier alpha value is -2.67. The van der Waals surface area contributed by atoms with Gasteiger partial charge in [-0.25, -0.2) is 12.8 Å². The van der Waals surface area contributed by atoms with Crippen molar-refractivity contribution < 1.29 is 17.6 Å². The Morgan fingerprint density at radius 1 is 1.17 bits per heavy atom. The molecule has 0 saturated heterocycles. The molecule has 2 N–H and O–H groups in total. The summed E-state index contributed by atoms with van der Waals surface area (Å²) >= 11 is 0. The number of benzene rings is 2. The molecule has 0 aromatic heterocycles. The first kappa shape index (κ1) is 17.7. The van der Waals surface area contributed by atoms with Crippen LogP contribution >= 0.6 is 0 Å². The van der Waals surface area contributed by atoms with E-state index in [1.54, 1.807) is 42.5 Å². The monoisotopic (exact) mass is 348 g/mol. The van der Waals surface area contributed by atoms with Crippen LogP contribution in [0.5, 0.6) is 0 Å². The molecule has 24 heavy (non-hydrogen) atoms. The second-order valence-electron chi connectivity index (χ2n) is 5.15. The van der Waals surface area contributed by atoms with Gasteiger partial charge in [0.2, 0.25) is 15.9 Å². The van der Waals surface area contributed by atoms with E-state index in [2.05, 4.69) is 10.0 Å². The van der Waals surface area contributed by atoms with Crippen LogP contribution in [0.2, 0.25) is 0 Å². The molecule has 1 amide bonds. The number of halogens is 1. The molecule has 0 radical (unpaired) electrons. The molecule has 0 bridgehead atoms. The minimum absolute atomic E-state index is 0.222. The number of hydrogen-bond donors (Lipinski definition) is 2. The molecule has 0 unspecified atom stereocenters. The summed E-state index contributed by atoms with van der Waals surface area (Å²) in [5.41, 5.74) is 1.48. The van der Waals surface area contributed by atoms with Gasteiger partial charge in [0, 0.05) is 23.9 Å². The summed E-state index contributed by atoms with van der Waals surface area (Å²) in [5.74, 6) is -0.777. The smallest absolute Gasteiger partial charge is 0.244 e. The molecule has 0 atom stereocenters. The van der Waals surface area contributed by atoms with E-state index in [-0.39, 0.29) is 12.5 Å². The van der Waals surface area contributed by atoms with Gasteiger partial charge in [0.15, 0.2) is 0 Å². The normalized spacial score (nSPS) is 11.4. The highest BCUT2D eigenvalue weighted by Crippen LogP contribution is 2.12. The molecule has 2 aromatic carbocycles. The Morgan fingerprint density at radius 2 is 1.92 bits per heavy atom. The van der Waals surface area contributed by atoms with E-state index in [4.69, 9.17) is 0 Å². The van der Waals surface area contributed by atoms with Crippen LogP contribution in [0, 0.1) is 5.82 Å². The van der Waals surface area contributed by atoms with Gasteiger partial charge >= 0.3 is 0 Å². The fraction of sp³-hybridized carbons (Fsp3) is 0.118. The molecule has 126 valence electrons. The Kier molecular flexibility index (Phi) is 5.70. The van der Waals surface area contributed by atoms with Gasteiger partial charge in [0.05, 0.1) is 6.26 Å². The van der Waals surface area contributed by atoms with Crippen LogP contribution in [-0.4, -0.2) is 20.6 Å². The standard InChI is InChI=1S/C17H17FN2O3S/c1-24(22,23)20-15-7-4-5-13(11-15)12-19-17(21)10-9-14-6-2-3-8-16(14)18/h2-11,20H,12H2,1H3,(H,19,21)/b10-9+. The van der Waals surface area contributed by atoms with Crippen molar-refractivity contribution >= 4 is 27.7 Å². The lowest BCUT2D eigenvalue weighted by atomic mass is 10.2. The minimum Gasteiger partial charge on any atom is -0.348 e. The lowest BCUT2D eigenvalue weighted by Crippen LogP contribution is -2.20. The first-order valence-electron chi connectivity index (χ1n) is 7.11. The first-order chi connectivity index (χ1) is 11.3. The van der Waals surface area contributed by atoms with E-state index >= 15 is 0 Å². The molecule has 0 aliphatic heterocycles. The maximum absolute atomic E-state index is 13.4. The third-order valence-corrected chi connectivity index (χ3v) is 3.62. The van der Waals surface area contributed by atoms with Crippen LogP contribution in [0.15, 0.2) is 54.6 Å². The van der Waals surface area contributed by atoms with Gasteiger partial charge in [0.25, 0.3) is 0 Å². The second kappa shape index (κ2) is 7.74. The van der Waals surface area contributed by atoms with Crippen LogP contribution in [-0.2, 0) is 21.4 Å². The molecular formula is C17H17FN2O3S. The number of sulfonamides is 1. The largest absolute Gasteiger partial charge is 0.348 e. The summed E-state index contributed by atoms with van der Waals surface area (Å²) in [6.07, 6.45) is 3.71. The minimum atomic E-state index is -3.35. The average molecular weight is 348 g/mol. The van der Waals surface area contributed by atoms with Crippen LogP contribution in [0.3, 0.4) is 0 Å². The zero-order valence-electron chi connectivity index (χ0n) is 13.0. The van der Waals surface area contributed by atoms with Crippen molar-refractivity contribution in [3.8, 4) is 0 Å². The van der Waals surface area contributed by atoms with E-state index in [9.17, 15) is 17.6 Å². The quantitative estimate of drug-likeness (QED) is 0.788. The van der Waals surface area contributed by atoms with E-state index in [1.807, 2.05) is 0 Å². The molecule has 7 heteroatoms. The third-order valence-electron chi connectivity index (χ3n) is 3.02. The van der Waals surface area contributed by atoms with Crippen LogP contribution in [0.25, 0.3) is 6.08 Å². The van der Waals surface area contributed by atoms with Gasteiger partial charge in [-0.15, -0.1) is 0 Å². The van der Waals surface area contributed by atoms with E-state index in [1.165, 1.54) is 18.2 Å². The Morgan fingerprint density at radius 3 is 2.62 bits per heavy atom. The third kappa shape index (κ3) is 5.85. The lowest BCUT2D eigenvalue weighted by molar-refractivity contribution is -0.116. The van der Waals surface area contributed by atoms with Crippen molar-refractivity contribution in [3.05, 3.63) is 71.6 Å². The Bertz CT molecular complexity index is 864. The molecule has 2 aromatic rings. The van der Waals surface area contributed by atoms with Crippen LogP contribution in [0.1, 0.15) is 11.1 Å². The fourth-order valence-corrected chi connectivity index (χ4v) is 2.54. The summed E-state index contributed by atoms with van der Waals surface area (Å²) < 4.78 is 38.2. The number of rotatable bonds is 6. The molecule has 0 aliphatic rings. The highest BCUT2D eigenvalue weighted by molar-refractivity contribution is 7.92. The van der Waals surface area contributed by atoms with E-state index < -0.39 is 15.8 Å². The van der Waals surface area contributed by atoms with Gasteiger partial charge in [-0.1, -0.05) is 30.3 Å². The van der Waals surface area contributed by atoms with Crippen LogP contribution < -0.4 is 10.0 Å². The average Bonchev–Trinajstić information content (AvgIpc) is 2.51. The molecule has 0 aliphatic carbocycles. The number of anilines is 1. The van der Waals surface area contributed by atoms with Gasteiger partial charge in [-0.05, 0) is 29.8 Å². The van der Waals surface area contributed by atoms with Crippen molar-refractivity contribution in [2.45, 2.75) is 6.54 Å². The van der Waals surface area contributed by atoms with E-state index in [0.717, 1.165) is 11.8 Å². The number of carbonyl (C=O) groups is 1. The topological polar surface area (TPSA) is 75.3 Å². The molecular weight excluding hydrogens is 331 g/mol. The first-order valence-corrected chi connectivity index (χ1v) is 9.00. The molecule has 0 fully saturated rings. The maximum Gasteiger partial charge on any atom is 0.244 e. The van der Waals surface area contributed by atoms with Crippen molar-refractivity contribution in [1.29, 1.82) is 0 Å². The van der Waals surface area contributed by atoms with Gasteiger partial charge in [0.1, 0.15) is 5.82 Å². The van der Waals surface area contributed by atoms with Crippen molar-refractivity contribution in [2.75, 3.05) is 11.0 Å². The fourth-order valence-electron chi connectivity index (χ4n) is 1.98. The maximum atomic E-state index is 13.4. The summed E-state index contributed by atoms with van der Waals surface area (Å²) in [6.45, 7) is 0.222. The number of amides is 1. The molecule has 0 heterocycles. The summed E-state index contributed by atoms with van der Waals surface area (Å²) in [5, 5.41) is 2.65.